The largest absolute Gasteiger partial charge is 0.497 e. The lowest BCUT2D eigenvalue weighted by molar-refractivity contribution is -0.156. The van der Waals surface area contributed by atoms with Crippen LogP contribution >= 0.6 is 0 Å². The van der Waals surface area contributed by atoms with E-state index in [4.69, 9.17) is 28.9 Å². The van der Waals surface area contributed by atoms with Crippen molar-refractivity contribution in [1.82, 2.24) is 20.2 Å². The van der Waals surface area contributed by atoms with Crippen LogP contribution in [-0.4, -0.2) is 77.4 Å². The van der Waals surface area contributed by atoms with Gasteiger partial charge < -0.3 is 29.2 Å². The van der Waals surface area contributed by atoms with Crippen LogP contribution in [0, 0.1) is 35.0 Å². The van der Waals surface area contributed by atoms with Crippen LogP contribution in [0.4, 0.5) is 4.79 Å². The lowest BCUT2D eigenvalue weighted by atomic mass is 9.85. The van der Waals surface area contributed by atoms with Gasteiger partial charge in [0.1, 0.15) is 35.7 Å². The molecular formula is C37H50N4O7. The molecule has 8 atom stereocenters. The summed E-state index contributed by atoms with van der Waals surface area (Å²) in [6, 6.07) is 3.65. The van der Waals surface area contributed by atoms with E-state index in [0.29, 0.717) is 46.1 Å². The molecule has 260 valence electrons. The van der Waals surface area contributed by atoms with E-state index in [-0.39, 0.29) is 31.1 Å². The highest BCUT2D eigenvalue weighted by atomic mass is 16.6. The van der Waals surface area contributed by atoms with E-state index in [2.05, 4.69) is 11.4 Å². The zero-order chi connectivity index (χ0) is 34.3. The fourth-order valence-corrected chi connectivity index (χ4v) is 7.63. The van der Waals surface area contributed by atoms with Gasteiger partial charge in [-0.25, -0.2) is 19.6 Å². The third-order valence-electron chi connectivity index (χ3n) is 10.4. The zero-order valence-electron chi connectivity index (χ0n) is 29.2. The summed E-state index contributed by atoms with van der Waals surface area (Å²) in [5, 5.41) is 2.92. The fourth-order valence-electron chi connectivity index (χ4n) is 7.63. The lowest BCUT2D eigenvalue weighted by Crippen LogP contribution is -2.57. The molecule has 0 spiro atoms. The van der Waals surface area contributed by atoms with Crippen LogP contribution in [0.25, 0.3) is 17.1 Å². The number of amides is 2. The summed E-state index contributed by atoms with van der Waals surface area (Å²) >= 11 is 0. The molecule has 1 saturated heterocycles. The van der Waals surface area contributed by atoms with Crippen LogP contribution in [0.2, 0.25) is 0 Å². The highest BCUT2D eigenvalue weighted by molar-refractivity contribution is 5.91. The Balaban J connectivity index is 1.39. The molecule has 2 aliphatic heterocycles. The topological polar surface area (TPSA) is 129 Å². The number of methoxy groups -OCH3 is 1. The normalized spacial score (nSPS) is 30.7. The first-order chi connectivity index (χ1) is 22.8. The number of rotatable bonds is 4. The van der Waals surface area contributed by atoms with Crippen LogP contribution in [0.1, 0.15) is 79.3 Å². The first kappa shape index (κ1) is 34.0. The summed E-state index contributed by atoms with van der Waals surface area (Å²) in [4.78, 5) is 52.9. The second kappa shape index (κ2) is 13.6. The molecule has 1 aromatic heterocycles. The Morgan fingerprint density at radius 3 is 2.60 bits per heavy atom. The molecule has 0 radical (unpaired) electrons. The predicted molar refractivity (Wildman–Crippen MR) is 180 cm³/mol. The Hall–Kier alpha value is -3.89. The Kier molecular flexibility index (Phi) is 9.60. The minimum absolute atomic E-state index is 0.0970. The van der Waals surface area contributed by atoms with Gasteiger partial charge >= 0.3 is 12.1 Å². The van der Waals surface area contributed by atoms with Gasteiger partial charge in [-0.15, -0.1) is 0 Å². The number of ether oxygens (including phenoxy) is 4. The van der Waals surface area contributed by atoms with Crippen molar-refractivity contribution in [3.8, 4) is 11.6 Å². The van der Waals surface area contributed by atoms with Gasteiger partial charge in [-0.05, 0) is 79.4 Å². The molecule has 11 nitrogen and oxygen atoms in total. The van der Waals surface area contributed by atoms with Gasteiger partial charge in [-0.3, -0.25) is 4.79 Å². The molecular weight excluding hydrogens is 612 g/mol. The molecule has 11 heteroatoms. The number of fused-ring (bicyclic) bond motifs is 7. The van der Waals surface area contributed by atoms with E-state index in [1.165, 1.54) is 11.3 Å². The molecule has 2 amide bonds. The first-order valence-electron chi connectivity index (χ1n) is 17.5. The van der Waals surface area contributed by atoms with Gasteiger partial charge in [-0.2, -0.15) is 0 Å². The van der Waals surface area contributed by atoms with E-state index in [0.717, 1.165) is 25.7 Å². The summed E-state index contributed by atoms with van der Waals surface area (Å²) in [6.45, 7) is 11.8. The van der Waals surface area contributed by atoms with Gasteiger partial charge in [0.25, 0.3) is 0 Å². The van der Waals surface area contributed by atoms with Crippen molar-refractivity contribution in [3.63, 3.8) is 0 Å². The number of aromatic nitrogens is 2. The van der Waals surface area contributed by atoms with Crippen LogP contribution in [-0.2, 0) is 19.1 Å². The monoisotopic (exact) mass is 662 g/mol. The molecule has 4 aliphatic rings. The van der Waals surface area contributed by atoms with Crippen molar-refractivity contribution < 1.29 is 33.3 Å². The number of hydrogen-bond acceptors (Lipinski definition) is 9. The molecule has 2 bridgehead atoms. The van der Waals surface area contributed by atoms with Crippen molar-refractivity contribution in [2.24, 2.45) is 35.0 Å². The first-order valence-corrected chi connectivity index (χ1v) is 17.5. The van der Waals surface area contributed by atoms with Crippen molar-refractivity contribution in [2.75, 3.05) is 20.3 Å². The molecule has 1 N–H and O–H groups in total. The average Bonchev–Trinajstić information content (AvgIpc) is 3.60. The quantitative estimate of drug-likeness (QED) is 0.404. The maximum Gasteiger partial charge on any atom is 0.408 e. The molecule has 2 aliphatic carbocycles. The van der Waals surface area contributed by atoms with Gasteiger partial charge in [0, 0.05) is 12.0 Å². The number of carbonyl (C=O) groups excluding carboxylic acids is 3. The molecule has 2 saturated carbocycles. The van der Waals surface area contributed by atoms with E-state index < -0.39 is 41.6 Å². The maximum atomic E-state index is 14.5. The van der Waals surface area contributed by atoms with Crippen LogP contribution < -0.4 is 14.8 Å². The number of allylic oxidation sites excluding steroid dienone is 1. The summed E-state index contributed by atoms with van der Waals surface area (Å²) < 4.78 is 23.8. The standard InChI is InChI=1S/C37H50N4O7/c1-20(2)19-46-35(43)31-21(3)30-18-41(31)34(42)32(37(4,5)6)40-36(44)48-29-16-22-15-25(22)24(29)11-9-8-10-12-27-33(47-30)39-28-17-23(45-7)13-14-26(28)38-27/h10,12-14,17,20-22,24-25,29-32H,8-9,11,15-16,18-19H2,1-7H3,(H,40,44)/t21-,22?,24-,25+,29-,30+,31+,32-/m1/s1. The van der Waals surface area contributed by atoms with Crippen LogP contribution in [0.5, 0.6) is 11.6 Å². The number of benzene rings is 1. The van der Waals surface area contributed by atoms with E-state index in [1.807, 2.05) is 65.8 Å². The Morgan fingerprint density at radius 1 is 1.08 bits per heavy atom. The summed E-state index contributed by atoms with van der Waals surface area (Å²) in [5.41, 5.74) is 1.21. The summed E-state index contributed by atoms with van der Waals surface area (Å²) in [5.74, 6) is 1.23. The van der Waals surface area contributed by atoms with Gasteiger partial charge in [0.15, 0.2) is 0 Å². The minimum Gasteiger partial charge on any atom is -0.497 e. The van der Waals surface area contributed by atoms with Crippen LogP contribution in [0.3, 0.4) is 0 Å². The number of nitrogens with one attached hydrogen (secondary N) is 1. The van der Waals surface area contributed by atoms with Crippen LogP contribution in [0.15, 0.2) is 24.3 Å². The summed E-state index contributed by atoms with van der Waals surface area (Å²) in [6.07, 6.45) is 7.43. The SMILES string of the molecule is COc1ccc2nc3c(nc2c1)O[C@H]1CN(C(=O)[C@H](C(C)(C)C)NC(=O)O[C@@H]2CC4C[C@@H]4[C@H]2CCCC=C3)[C@H](C(=O)OCC(C)C)[C@@H]1C. The van der Waals surface area contributed by atoms with Gasteiger partial charge in [0.2, 0.25) is 11.8 Å². The summed E-state index contributed by atoms with van der Waals surface area (Å²) in [7, 11) is 1.60. The second-order valence-corrected chi connectivity index (χ2v) is 15.5. The number of alkyl carbamates (subject to hydrolysis) is 1. The Labute approximate surface area is 283 Å². The maximum absolute atomic E-state index is 14.5. The fraction of sp³-hybridized carbons (Fsp3) is 0.649. The second-order valence-electron chi connectivity index (χ2n) is 15.5. The minimum atomic E-state index is -0.948. The Morgan fingerprint density at radius 2 is 1.88 bits per heavy atom. The number of esters is 1. The third-order valence-corrected chi connectivity index (χ3v) is 10.4. The predicted octanol–water partition coefficient (Wildman–Crippen LogP) is 5.79. The van der Waals surface area contributed by atoms with E-state index in [1.54, 1.807) is 7.11 Å². The molecule has 1 aromatic carbocycles. The average molecular weight is 663 g/mol. The van der Waals surface area contributed by atoms with E-state index >= 15 is 0 Å². The van der Waals surface area contributed by atoms with Crippen molar-refractivity contribution in [3.05, 3.63) is 30.0 Å². The van der Waals surface area contributed by atoms with E-state index in [9.17, 15) is 14.4 Å². The van der Waals surface area contributed by atoms with Crippen molar-refractivity contribution in [2.45, 2.75) is 97.9 Å². The lowest BCUT2D eigenvalue weighted by Gasteiger charge is -2.35. The molecule has 3 heterocycles. The third kappa shape index (κ3) is 7.10. The smallest absolute Gasteiger partial charge is 0.408 e. The molecule has 3 fully saturated rings. The van der Waals surface area contributed by atoms with Gasteiger partial charge in [0.05, 0.1) is 31.3 Å². The highest BCUT2D eigenvalue weighted by Crippen LogP contribution is 2.57. The Bertz CT molecular complexity index is 1570. The zero-order valence-corrected chi connectivity index (χ0v) is 29.2. The van der Waals surface area contributed by atoms with Crippen molar-refractivity contribution >= 4 is 35.1 Å². The molecule has 6 rings (SSSR count). The number of hydrogen-bond donors (Lipinski definition) is 1. The molecule has 48 heavy (non-hydrogen) atoms. The number of nitrogens with zero attached hydrogens (tertiary/aromatic N) is 3. The van der Waals surface area contributed by atoms with Gasteiger partial charge in [-0.1, -0.05) is 47.6 Å². The molecule has 1 unspecified atom stereocenters. The highest BCUT2D eigenvalue weighted by Gasteiger charge is 2.55. The molecule has 2 aromatic rings. The van der Waals surface area contributed by atoms with Crippen molar-refractivity contribution in [1.29, 1.82) is 0 Å². The number of carbonyl (C=O) groups is 3.